The lowest BCUT2D eigenvalue weighted by molar-refractivity contribution is -0.201. The zero-order valence-electron chi connectivity index (χ0n) is 7.87. The highest BCUT2D eigenvalue weighted by molar-refractivity contribution is 7.89. The molecule has 16 heavy (non-hydrogen) atoms. The molecule has 0 aromatic heterocycles. The minimum Gasteiger partial charge on any atom is -0.480 e. The van der Waals surface area contributed by atoms with Crippen molar-refractivity contribution >= 4 is 16.0 Å². The third-order valence-electron chi connectivity index (χ3n) is 1.61. The van der Waals surface area contributed by atoms with Crippen LogP contribution < -0.4 is 4.72 Å². The van der Waals surface area contributed by atoms with Gasteiger partial charge in [0.15, 0.2) is 5.75 Å². The van der Waals surface area contributed by atoms with Gasteiger partial charge in [0, 0.05) is 0 Å². The molecule has 0 fully saturated rings. The van der Waals surface area contributed by atoms with Gasteiger partial charge in [-0.2, -0.15) is 23.2 Å². The van der Waals surface area contributed by atoms with Crippen molar-refractivity contribution in [2.45, 2.75) is 18.6 Å². The second-order valence-electron chi connectivity index (χ2n) is 2.95. The third-order valence-corrected chi connectivity index (χ3v) is 2.84. The van der Waals surface area contributed by atoms with Crippen LogP contribution in [0.4, 0.5) is 13.2 Å². The summed E-state index contributed by atoms with van der Waals surface area (Å²) in [6, 6.07) is 1.11. The Kier molecular flexibility index (Phi) is 3.91. The van der Waals surface area contributed by atoms with E-state index in [1.165, 1.54) is 0 Å². The predicted octanol–water partition coefficient (Wildman–Crippen LogP) is -0.165. The molecule has 6 nitrogen and oxygen atoms in total. The van der Waals surface area contributed by atoms with Crippen LogP contribution in [-0.4, -0.2) is 37.0 Å². The number of nitriles is 1. The lowest BCUT2D eigenvalue weighted by Crippen LogP contribution is -2.62. The molecule has 0 aliphatic rings. The Hall–Kier alpha value is -1.34. The molecule has 1 unspecified atom stereocenters. The van der Waals surface area contributed by atoms with Gasteiger partial charge in [-0.1, -0.05) is 0 Å². The van der Waals surface area contributed by atoms with Crippen LogP contribution in [0.5, 0.6) is 0 Å². The molecule has 0 amide bonds. The Bertz CT molecular complexity index is 424. The summed E-state index contributed by atoms with van der Waals surface area (Å²) in [6.45, 7) is 0.157. The van der Waals surface area contributed by atoms with Gasteiger partial charge in [-0.25, -0.2) is 13.2 Å². The maximum Gasteiger partial charge on any atom is 0.418 e. The van der Waals surface area contributed by atoms with Crippen molar-refractivity contribution in [3.05, 3.63) is 0 Å². The number of aliphatic carboxylic acids is 1. The fraction of sp³-hybridized carbons (Fsp3) is 0.667. The lowest BCUT2D eigenvalue weighted by atomic mass is 10.0. The molecule has 92 valence electrons. The molecule has 0 saturated carbocycles. The number of carboxylic acids is 1. The molecule has 0 radical (unpaired) electrons. The number of carboxylic acid groups (broad SMARTS) is 1. The van der Waals surface area contributed by atoms with Crippen LogP contribution in [0, 0.1) is 11.3 Å². The zero-order valence-corrected chi connectivity index (χ0v) is 8.68. The van der Waals surface area contributed by atoms with Crippen molar-refractivity contribution in [3.8, 4) is 6.07 Å². The average Bonchev–Trinajstić information content (AvgIpc) is 1.99. The Morgan fingerprint density at radius 3 is 2.19 bits per heavy atom. The standard InChI is InChI=1S/C6H7F3N2O4S/c1-5(4(12)13,6(7,8)9)11-16(14,15)3-2-10/h11H,3H2,1H3,(H,12,13). The summed E-state index contributed by atoms with van der Waals surface area (Å²) >= 11 is 0. The van der Waals surface area contributed by atoms with Crippen LogP contribution in [0.25, 0.3) is 0 Å². The monoisotopic (exact) mass is 260 g/mol. The molecule has 10 heteroatoms. The lowest BCUT2D eigenvalue weighted by Gasteiger charge is -2.27. The molecular weight excluding hydrogens is 253 g/mol. The van der Waals surface area contributed by atoms with Crippen LogP contribution in [-0.2, 0) is 14.8 Å². The molecule has 0 rings (SSSR count). The van der Waals surface area contributed by atoms with E-state index in [1.54, 1.807) is 0 Å². The Morgan fingerprint density at radius 2 is 1.94 bits per heavy atom. The molecule has 0 aromatic carbocycles. The molecule has 0 spiro atoms. The molecule has 2 N–H and O–H groups in total. The molecule has 0 aliphatic heterocycles. The van der Waals surface area contributed by atoms with Crippen LogP contribution in [0.2, 0.25) is 0 Å². The normalized spacial score (nSPS) is 16.2. The second-order valence-corrected chi connectivity index (χ2v) is 4.67. The van der Waals surface area contributed by atoms with Crippen molar-refractivity contribution < 1.29 is 31.5 Å². The van der Waals surface area contributed by atoms with E-state index in [0.717, 1.165) is 10.8 Å². The molecule has 0 bridgehead atoms. The van der Waals surface area contributed by atoms with E-state index in [1.807, 2.05) is 0 Å². The average molecular weight is 260 g/mol. The van der Waals surface area contributed by atoms with Crippen molar-refractivity contribution in [3.63, 3.8) is 0 Å². The Balaban J connectivity index is 5.32. The topological polar surface area (TPSA) is 107 Å². The van der Waals surface area contributed by atoms with E-state index in [0.29, 0.717) is 0 Å². The van der Waals surface area contributed by atoms with Gasteiger partial charge in [0.2, 0.25) is 15.6 Å². The summed E-state index contributed by atoms with van der Waals surface area (Å²) in [7, 11) is -4.63. The number of halogens is 3. The number of carbonyl (C=O) groups is 1. The number of nitrogens with one attached hydrogen (secondary N) is 1. The molecule has 0 heterocycles. The molecule has 0 aliphatic carbocycles. The van der Waals surface area contributed by atoms with Crippen molar-refractivity contribution in [2.24, 2.45) is 0 Å². The largest absolute Gasteiger partial charge is 0.480 e. The first kappa shape index (κ1) is 14.7. The first-order valence-corrected chi connectivity index (χ1v) is 5.30. The van der Waals surface area contributed by atoms with Gasteiger partial charge in [0.25, 0.3) is 0 Å². The summed E-state index contributed by atoms with van der Waals surface area (Å²) in [6.07, 6.45) is -5.32. The van der Waals surface area contributed by atoms with Crippen molar-refractivity contribution in [2.75, 3.05) is 5.75 Å². The van der Waals surface area contributed by atoms with Crippen LogP contribution in [0.1, 0.15) is 6.92 Å². The minimum absolute atomic E-state index is 0.157. The number of alkyl halides is 3. The van der Waals surface area contributed by atoms with E-state index >= 15 is 0 Å². The highest BCUT2D eigenvalue weighted by Crippen LogP contribution is 2.30. The molecule has 0 saturated heterocycles. The maximum atomic E-state index is 12.3. The highest BCUT2D eigenvalue weighted by Gasteiger charge is 2.59. The summed E-state index contributed by atoms with van der Waals surface area (Å²) < 4.78 is 59.7. The second kappa shape index (κ2) is 4.26. The Morgan fingerprint density at radius 1 is 1.50 bits per heavy atom. The van der Waals surface area contributed by atoms with Crippen molar-refractivity contribution in [1.82, 2.24) is 4.72 Å². The van der Waals surface area contributed by atoms with Gasteiger partial charge in [0.1, 0.15) is 0 Å². The number of rotatable bonds is 4. The first-order valence-electron chi connectivity index (χ1n) is 3.65. The molecule has 1 atom stereocenters. The van der Waals surface area contributed by atoms with Gasteiger partial charge >= 0.3 is 12.1 Å². The van der Waals surface area contributed by atoms with Crippen LogP contribution in [0.15, 0.2) is 0 Å². The number of hydrogen-bond acceptors (Lipinski definition) is 4. The van der Waals surface area contributed by atoms with Gasteiger partial charge in [0.05, 0.1) is 6.07 Å². The van der Waals surface area contributed by atoms with Crippen LogP contribution in [0.3, 0.4) is 0 Å². The van der Waals surface area contributed by atoms with E-state index in [9.17, 15) is 26.4 Å². The zero-order chi connectivity index (χ0) is 13.2. The first-order chi connectivity index (χ1) is 6.96. The maximum absolute atomic E-state index is 12.3. The van der Waals surface area contributed by atoms with E-state index in [4.69, 9.17) is 10.4 Å². The smallest absolute Gasteiger partial charge is 0.418 e. The number of nitrogens with zero attached hydrogens (tertiary/aromatic N) is 1. The van der Waals surface area contributed by atoms with Gasteiger partial charge in [-0.05, 0) is 6.92 Å². The summed E-state index contributed by atoms with van der Waals surface area (Å²) in [5.41, 5.74) is -3.65. The van der Waals surface area contributed by atoms with Gasteiger partial charge in [-0.3, -0.25) is 0 Å². The van der Waals surface area contributed by atoms with Crippen molar-refractivity contribution in [1.29, 1.82) is 5.26 Å². The highest BCUT2D eigenvalue weighted by atomic mass is 32.2. The fourth-order valence-corrected chi connectivity index (χ4v) is 1.72. The van der Waals surface area contributed by atoms with E-state index in [2.05, 4.69) is 0 Å². The number of sulfonamides is 1. The van der Waals surface area contributed by atoms with E-state index in [-0.39, 0.29) is 6.92 Å². The summed E-state index contributed by atoms with van der Waals surface area (Å²) in [5, 5.41) is 16.4. The minimum atomic E-state index is -5.32. The predicted molar refractivity (Wildman–Crippen MR) is 44.6 cm³/mol. The van der Waals surface area contributed by atoms with Gasteiger partial charge in [-0.15, -0.1) is 0 Å². The molecule has 0 aromatic rings. The molecular formula is C6H7F3N2O4S. The Labute approximate surface area is 88.7 Å². The van der Waals surface area contributed by atoms with Crippen LogP contribution >= 0.6 is 0 Å². The van der Waals surface area contributed by atoms with E-state index < -0.39 is 33.5 Å². The third kappa shape index (κ3) is 3.07. The van der Waals surface area contributed by atoms with Gasteiger partial charge < -0.3 is 5.11 Å². The summed E-state index contributed by atoms with van der Waals surface area (Å²) in [4.78, 5) is 10.4. The number of hydrogen-bond donors (Lipinski definition) is 2. The summed E-state index contributed by atoms with van der Waals surface area (Å²) in [5.74, 6) is -3.66. The quantitative estimate of drug-likeness (QED) is 0.730. The SMILES string of the molecule is CC(NS(=O)(=O)CC#N)(C(=O)O)C(F)(F)F. The fourth-order valence-electron chi connectivity index (χ4n) is 0.655.